The molecular weight excluding hydrogens is 182 g/mol. The van der Waals surface area contributed by atoms with Crippen molar-refractivity contribution >= 4 is 11.9 Å². The minimum absolute atomic E-state index is 0.0109. The number of aromatic amines is 1. The number of aromatic nitrogens is 2. The summed E-state index contributed by atoms with van der Waals surface area (Å²) in [6, 6.07) is 1.79. The summed E-state index contributed by atoms with van der Waals surface area (Å²) in [5, 5.41) is 9.27. The van der Waals surface area contributed by atoms with Crippen molar-refractivity contribution < 1.29 is 9.53 Å². The van der Waals surface area contributed by atoms with Crippen LogP contribution in [0.15, 0.2) is 6.07 Å². The SMILES string of the molecule is COC(=O)Nc1cc(C(C)(C)C)[nH]n1. The Hall–Kier alpha value is -1.52. The maximum Gasteiger partial charge on any atom is 0.412 e. The summed E-state index contributed by atoms with van der Waals surface area (Å²) >= 11 is 0. The first-order valence-corrected chi connectivity index (χ1v) is 4.34. The zero-order chi connectivity index (χ0) is 10.8. The maximum atomic E-state index is 10.9. The highest BCUT2D eigenvalue weighted by molar-refractivity contribution is 5.83. The molecule has 0 aromatic carbocycles. The molecule has 0 fully saturated rings. The van der Waals surface area contributed by atoms with Crippen LogP contribution in [0.4, 0.5) is 10.6 Å². The zero-order valence-electron chi connectivity index (χ0n) is 8.84. The van der Waals surface area contributed by atoms with Crippen LogP contribution < -0.4 is 5.32 Å². The lowest BCUT2D eigenvalue weighted by Crippen LogP contribution is -2.12. The normalized spacial score (nSPS) is 11.1. The van der Waals surface area contributed by atoms with Crippen LogP contribution in [0.1, 0.15) is 26.5 Å². The van der Waals surface area contributed by atoms with Crippen LogP contribution >= 0.6 is 0 Å². The number of nitrogens with one attached hydrogen (secondary N) is 2. The van der Waals surface area contributed by atoms with Crippen LogP contribution in [-0.2, 0) is 10.2 Å². The summed E-state index contributed by atoms with van der Waals surface area (Å²) < 4.78 is 4.45. The van der Waals surface area contributed by atoms with Crippen molar-refractivity contribution in [3.63, 3.8) is 0 Å². The van der Waals surface area contributed by atoms with Gasteiger partial charge in [-0.2, -0.15) is 5.10 Å². The summed E-state index contributed by atoms with van der Waals surface area (Å²) in [5.41, 5.74) is 0.951. The van der Waals surface area contributed by atoms with E-state index in [9.17, 15) is 4.79 Å². The molecule has 1 aromatic heterocycles. The quantitative estimate of drug-likeness (QED) is 0.722. The first-order chi connectivity index (χ1) is 6.43. The number of rotatable bonds is 1. The molecule has 5 nitrogen and oxygen atoms in total. The van der Waals surface area contributed by atoms with Crippen LogP contribution in [0, 0.1) is 0 Å². The minimum atomic E-state index is -0.517. The summed E-state index contributed by atoms with van der Waals surface area (Å²) in [6.07, 6.45) is -0.517. The van der Waals surface area contributed by atoms with Crippen molar-refractivity contribution in [2.75, 3.05) is 12.4 Å². The topological polar surface area (TPSA) is 67.0 Å². The van der Waals surface area contributed by atoms with Gasteiger partial charge in [0, 0.05) is 17.2 Å². The predicted molar refractivity (Wildman–Crippen MR) is 53.3 cm³/mol. The molecule has 1 heterocycles. The fourth-order valence-electron chi connectivity index (χ4n) is 0.926. The minimum Gasteiger partial charge on any atom is -0.453 e. The van der Waals surface area contributed by atoms with Gasteiger partial charge in [0.25, 0.3) is 0 Å². The fraction of sp³-hybridized carbons (Fsp3) is 0.556. The van der Waals surface area contributed by atoms with Gasteiger partial charge in [-0.3, -0.25) is 10.4 Å². The summed E-state index contributed by atoms with van der Waals surface area (Å²) in [5.74, 6) is 0.474. The number of nitrogens with zero attached hydrogens (tertiary/aromatic N) is 1. The lowest BCUT2D eigenvalue weighted by Gasteiger charge is -2.14. The third-order valence-corrected chi connectivity index (χ3v) is 1.80. The molecule has 0 unspecified atom stereocenters. The van der Waals surface area contributed by atoms with Gasteiger partial charge in [0.1, 0.15) is 0 Å². The van der Waals surface area contributed by atoms with E-state index in [4.69, 9.17) is 0 Å². The Labute approximate surface area is 82.8 Å². The highest BCUT2D eigenvalue weighted by atomic mass is 16.5. The summed E-state index contributed by atoms with van der Waals surface area (Å²) in [6.45, 7) is 6.17. The van der Waals surface area contributed by atoms with Gasteiger partial charge in [0.15, 0.2) is 5.82 Å². The van der Waals surface area contributed by atoms with Crippen molar-refractivity contribution in [3.8, 4) is 0 Å². The van der Waals surface area contributed by atoms with Crippen molar-refractivity contribution in [1.82, 2.24) is 10.2 Å². The molecule has 0 aliphatic heterocycles. The van der Waals surface area contributed by atoms with E-state index in [0.29, 0.717) is 5.82 Å². The molecule has 78 valence electrons. The molecule has 1 amide bonds. The van der Waals surface area contributed by atoms with E-state index >= 15 is 0 Å². The second-order valence-corrected chi connectivity index (χ2v) is 4.03. The van der Waals surface area contributed by atoms with E-state index in [1.165, 1.54) is 7.11 Å². The number of H-pyrrole nitrogens is 1. The lowest BCUT2D eigenvalue weighted by atomic mass is 9.92. The second-order valence-electron chi connectivity index (χ2n) is 4.03. The van der Waals surface area contributed by atoms with Gasteiger partial charge in [-0.25, -0.2) is 4.79 Å². The van der Waals surface area contributed by atoms with Gasteiger partial charge in [0.05, 0.1) is 7.11 Å². The Balaban J connectivity index is 2.74. The first-order valence-electron chi connectivity index (χ1n) is 4.34. The molecule has 0 aliphatic carbocycles. The molecule has 0 atom stereocenters. The van der Waals surface area contributed by atoms with Gasteiger partial charge in [0.2, 0.25) is 0 Å². The molecule has 0 saturated heterocycles. The Bertz CT molecular complexity index is 325. The van der Waals surface area contributed by atoms with Gasteiger partial charge < -0.3 is 4.74 Å². The van der Waals surface area contributed by atoms with Crippen molar-refractivity contribution in [2.45, 2.75) is 26.2 Å². The van der Waals surface area contributed by atoms with Crippen molar-refractivity contribution in [1.29, 1.82) is 0 Å². The van der Waals surface area contributed by atoms with Gasteiger partial charge in [-0.05, 0) is 0 Å². The standard InChI is InChI=1S/C9H15N3O2/c1-9(2,3)6-5-7(12-11-6)10-8(13)14-4/h5H,1-4H3,(H2,10,11,12,13). The number of carbonyl (C=O) groups excluding carboxylic acids is 1. The number of hydrogen-bond donors (Lipinski definition) is 2. The van der Waals surface area contributed by atoms with E-state index in [2.05, 4.69) is 41.0 Å². The van der Waals surface area contributed by atoms with Gasteiger partial charge in [-0.15, -0.1) is 0 Å². The van der Waals surface area contributed by atoms with Crippen LogP contribution in [0.2, 0.25) is 0 Å². The molecule has 0 radical (unpaired) electrons. The first kappa shape index (κ1) is 10.6. The molecule has 1 rings (SSSR count). The highest BCUT2D eigenvalue weighted by Gasteiger charge is 2.17. The van der Waals surface area contributed by atoms with Gasteiger partial charge >= 0.3 is 6.09 Å². The maximum absolute atomic E-state index is 10.9. The van der Waals surface area contributed by atoms with Crippen LogP contribution in [0.3, 0.4) is 0 Å². The lowest BCUT2D eigenvalue weighted by molar-refractivity contribution is 0.187. The third-order valence-electron chi connectivity index (χ3n) is 1.80. The highest BCUT2D eigenvalue weighted by Crippen LogP contribution is 2.21. The Morgan fingerprint density at radius 3 is 2.64 bits per heavy atom. The monoisotopic (exact) mass is 197 g/mol. The Morgan fingerprint density at radius 2 is 2.21 bits per heavy atom. The molecule has 1 aromatic rings. The van der Waals surface area contributed by atoms with Crippen molar-refractivity contribution in [3.05, 3.63) is 11.8 Å². The average molecular weight is 197 g/mol. The number of amides is 1. The molecular formula is C9H15N3O2. The molecule has 2 N–H and O–H groups in total. The van der Waals surface area contributed by atoms with Crippen LogP contribution in [-0.4, -0.2) is 23.4 Å². The van der Waals surface area contributed by atoms with E-state index in [1.807, 2.05) is 0 Å². The number of carbonyl (C=O) groups is 1. The van der Waals surface area contributed by atoms with E-state index < -0.39 is 6.09 Å². The fourth-order valence-corrected chi connectivity index (χ4v) is 0.926. The molecule has 0 aliphatic rings. The van der Waals surface area contributed by atoms with Gasteiger partial charge in [-0.1, -0.05) is 20.8 Å². The second kappa shape index (κ2) is 3.69. The summed E-state index contributed by atoms with van der Waals surface area (Å²) in [7, 11) is 1.31. The zero-order valence-corrected chi connectivity index (χ0v) is 8.84. The predicted octanol–water partition coefficient (Wildman–Crippen LogP) is 1.89. The van der Waals surface area contributed by atoms with Crippen LogP contribution in [0.25, 0.3) is 0 Å². The number of methoxy groups -OCH3 is 1. The Kier molecular flexibility index (Phi) is 2.78. The van der Waals surface area contributed by atoms with Crippen LogP contribution in [0.5, 0.6) is 0 Å². The van der Waals surface area contributed by atoms with E-state index in [1.54, 1.807) is 6.07 Å². The molecule has 0 bridgehead atoms. The number of anilines is 1. The molecule has 0 spiro atoms. The molecule has 5 heteroatoms. The largest absolute Gasteiger partial charge is 0.453 e. The van der Waals surface area contributed by atoms with E-state index in [-0.39, 0.29) is 5.41 Å². The molecule has 14 heavy (non-hydrogen) atoms. The average Bonchev–Trinajstić information content (AvgIpc) is 2.51. The third kappa shape index (κ3) is 2.48. The summed E-state index contributed by atoms with van der Waals surface area (Å²) in [4.78, 5) is 10.9. The van der Waals surface area contributed by atoms with E-state index in [0.717, 1.165) is 5.69 Å². The number of ether oxygens (including phenoxy) is 1. The molecule has 0 saturated carbocycles. The number of hydrogen-bond acceptors (Lipinski definition) is 3. The Morgan fingerprint density at radius 1 is 1.57 bits per heavy atom. The van der Waals surface area contributed by atoms with Crippen molar-refractivity contribution in [2.24, 2.45) is 0 Å². The smallest absolute Gasteiger partial charge is 0.412 e.